The maximum absolute atomic E-state index is 9.71. The zero-order valence-corrected chi connectivity index (χ0v) is 9.52. The molecular formula is C13H21NO. The highest BCUT2D eigenvalue weighted by molar-refractivity contribution is 5.03. The van der Waals surface area contributed by atoms with Gasteiger partial charge in [-0.3, -0.25) is 4.98 Å². The largest absolute Gasteiger partial charge is 0.393 e. The van der Waals surface area contributed by atoms with Crippen molar-refractivity contribution in [2.45, 2.75) is 51.6 Å². The highest BCUT2D eigenvalue weighted by Gasteiger charge is 2.04. The van der Waals surface area contributed by atoms with Crippen molar-refractivity contribution in [2.75, 3.05) is 0 Å². The van der Waals surface area contributed by atoms with E-state index >= 15 is 0 Å². The third kappa shape index (κ3) is 5.53. The molecule has 0 radical (unpaired) electrons. The van der Waals surface area contributed by atoms with Gasteiger partial charge in [0.05, 0.1) is 6.10 Å². The van der Waals surface area contributed by atoms with Gasteiger partial charge in [0.25, 0.3) is 0 Å². The number of aliphatic hydroxyl groups is 1. The Bertz CT molecular complexity index is 248. The number of hydrogen-bond donors (Lipinski definition) is 1. The van der Waals surface area contributed by atoms with Gasteiger partial charge in [-0.15, -0.1) is 0 Å². The van der Waals surface area contributed by atoms with Crippen LogP contribution in [0.5, 0.6) is 0 Å². The van der Waals surface area contributed by atoms with E-state index < -0.39 is 0 Å². The third-order valence-corrected chi connectivity index (χ3v) is 2.60. The summed E-state index contributed by atoms with van der Waals surface area (Å²) in [6.07, 6.45) is 7.88. The molecule has 0 bridgehead atoms. The number of aliphatic hydroxyl groups excluding tert-OH is 1. The summed E-state index contributed by atoms with van der Waals surface area (Å²) < 4.78 is 0. The van der Waals surface area contributed by atoms with Crippen molar-refractivity contribution in [1.29, 1.82) is 0 Å². The molecule has 0 saturated heterocycles. The first kappa shape index (κ1) is 12.2. The second-order valence-electron chi connectivity index (χ2n) is 4.01. The van der Waals surface area contributed by atoms with Crippen LogP contribution in [-0.4, -0.2) is 16.2 Å². The van der Waals surface area contributed by atoms with Crippen LogP contribution in [0.2, 0.25) is 0 Å². The van der Waals surface area contributed by atoms with E-state index in [-0.39, 0.29) is 6.10 Å². The molecule has 1 rings (SSSR count). The Balaban J connectivity index is 2.14. The van der Waals surface area contributed by atoms with Crippen molar-refractivity contribution in [3.63, 3.8) is 0 Å². The van der Waals surface area contributed by atoms with E-state index in [2.05, 4.69) is 11.9 Å². The smallest absolute Gasteiger partial charge is 0.0544 e. The predicted molar refractivity (Wildman–Crippen MR) is 62.7 cm³/mol. The van der Waals surface area contributed by atoms with E-state index in [0.29, 0.717) is 0 Å². The summed E-state index contributed by atoms with van der Waals surface area (Å²) in [4.78, 5) is 4.24. The number of aromatic nitrogens is 1. The zero-order chi connectivity index (χ0) is 10.9. The molecule has 0 saturated carbocycles. The molecule has 1 atom stereocenters. The fourth-order valence-electron chi connectivity index (χ4n) is 1.63. The van der Waals surface area contributed by atoms with Crippen LogP contribution in [0.1, 0.15) is 44.7 Å². The standard InChI is InChI=1S/C13H21NO/c1-2-3-4-8-13(15)10-9-12-7-5-6-11-14-12/h5-7,11,13,15H,2-4,8-10H2,1H3. The van der Waals surface area contributed by atoms with Gasteiger partial charge >= 0.3 is 0 Å². The van der Waals surface area contributed by atoms with Gasteiger partial charge in [-0.1, -0.05) is 32.3 Å². The topological polar surface area (TPSA) is 33.1 Å². The SMILES string of the molecule is CCCCCC(O)CCc1ccccn1. The van der Waals surface area contributed by atoms with Crippen LogP contribution in [0.25, 0.3) is 0 Å². The monoisotopic (exact) mass is 207 g/mol. The van der Waals surface area contributed by atoms with Crippen LogP contribution in [0, 0.1) is 0 Å². The van der Waals surface area contributed by atoms with Crippen molar-refractivity contribution in [3.05, 3.63) is 30.1 Å². The van der Waals surface area contributed by atoms with E-state index in [9.17, 15) is 5.11 Å². The average Bonchev–Trinajstić information content (AvgIpc) is 2.28. The highest BCUT2D eigenvalue weighted by Crippen LogP contribution is 2.09. The number of unbranched alkanes of at least 4 members (excludes halogenated alkanes) is 2. The summed E-state index contributed by atoms with van der Waals surface area (Å²) in [6.45, 7) is 2.18. The van der Waals surface area contributed by atoms with Gasteiger partial charge in [-0.05, 0) is 31.4 Å². The lowest BCUT2D eigenvalue weighted by molar-refractivity contribution is 0.151. The molecule has 0 aliphatic rings. The molecule has 2 heteroatoms. The van der Waals surface area contributed by atoms with E-state index in [1.807, 2.05) is 18.2 Å². The predicted octanol–water partition coefficient (Wildman–Crippen LogP) is 2.96. The number of aryl methyl sites for hydroxylation is 1. The first-order chi connectivity index (χ1) is 7.33. The van der Waals surface area contributed by atoms with Crippen molar-refractivity contribution >= 4 is 0 Å². The van der Waals surface area contributed by atoms with E-state index in [1.165, 1.54) is 12.8 Å². The molecule has 0 aromatic carbocycles. The molecule has 1 unspecified atom stereocenters. The minimum atomic E-state index is -0.154. The number of pyridine rings is 1. The van der Waals surface area contributed by atoms with Gasteiger partial charge in [-0.25, -0.2) is 0 Å². The summed E-state index contributed by atoms with van der Waals surface area (Å²) in [5, 5.41) is 9.71. The molecule has 0 spiro atoms. The Hall–Kier alpha value is -0.890. The molecule has 1 aromatic rings. The maximum atomic E-state index is 9.71. The Morgan fingerprint density at radius 3 is 2.80 bits per heavy atom. The minimum Gasteiger partial charge on any atom is -0.393 e. The summed E-state index contributed by atoms with van der Waals surface area (Å²) in [5.41, 5.74) is 1.08. The zero-order valence-electron chi connectivity index (χ0n) is 9.52. The van der Waals surface area contributed by atoms with Crippen molar-refractivity contribution in [2.24, 2.45) is 0 Å². The first-order valence-corrected chi connectivity index (χ1v) is 5.91. The van der Waals surface area contributed by atoms with Crippen LogP contribution in [0.15, 0.2) is 24.4 Å². The fraction of sp³-hybridized carbons (Fsp3) is 0.615. The van der Waals surface area contributed by atoms with E-state index in [4.69, 9.17) is 0 Å². The lowest BCUT2D eigenvalue weighted by Gasteiger charge is -2.09. The van der Waals surface area contributed by atoms with Crippen molar-refractivity contribution in [3.8, 4) is 0 Å². The Labute approximate surface area is 92.4 Å². The molecule has 1 N–H and O–H groups in total. The van der Waals surface area contributed by atoms with Crippen LogP contribution in [-0.2, 0) is 6.42 Å². The van der Waals surface area contributed by atoms with Crippen molar-refractivity contribution < 1.29 is 5.11 Å². The van der Waals surface area contributed by atoms with Crippen LogP contribution < -0.4 is 0 Å². The first-order valence-electron chi connectivity index (χ1n) is 5.91. The lowest BCUT2D eigenvalue weighted by atomic mass is 10.1. The lowest BCUT2D eigenvalue weighted by Crippen LogP contribution is -2.08. The minimum absolute atomic E-state index is 0.154. The average molecular weight is 207 g/mol. The Morgan fingerprint density at radius 2 is 2.13 bits per heavy atom. The van der Waals surface area contributed by atoms with E-state index in [0.717, 1.165) is 31.4 Å². The van der Waals surface area contributed by atoms with Crippen LogP contribution in [0.4, 0.5) is 0 Å². The van der Waals surface area contributed by atoms with Gasteiger partial charge in [0, 0.05) is 11.9 Å². The summed E-state index contributed by atoms with van der Waals surface area (Å²) in [6, 6.07) is 5.92. The quantitative estimate of drug-likeness (QED) is 0.697. The van der Waals surface area contributed by atoms with Gasteiger partial charge in [0.15, 0.2) is 0 Å². The number of hydrogen-bond acceptors (Lipinski definition) is 2. The van der Waals surface area contributed by atoms with Gasteiger partial charge in [0.2, 0.25) is 0 Å². The Morgan fingerprint density at radius 1 is 1.27 bits per heavy atom. The highest BCUT2D eigenvalue weighted by atomic mass is 16.3. The fourth-order valence-corrected chi connectivity index (χ4v) is 1.63. The molecule has 0 amide bonds. The molecule has 84 valence electrons. The molecule has 0 aliphatic heterocycles. The summed E-state index contributed by atoms with van der Waals surface area (Å²) >= 11 is 0. The number of rotatable bonds is 7. The molecule has 15 heavy (non-hydrogen) atoms. The molecule has 1 aromatic heterocycles. The number of nitrogens with zero attached hydrogens (tertiary/aromatic N) is 1. The molecule has 2 nitrogen and oxygen atoms in total. The summed E-state index contributed by atoms with van der Waals surface area (Å²) in [7, 11) is 0. The third-order valence-electron chi connectivity index (χ3n) is 2.60. The molecule has 0 aliphatic carbocycles. The van der Waals surface area contributed by atoms with Crippen LogP contribution in [0.3, 0.4) is 0 Å². The molecular weight excluding hydrogens is 186 g/mol. The van der Waals surface area contributed by atoms with Crippen LogP contribution >= 0.6 is 0 Å². The van der Waals surface area contributed by atoms with Gasteiger partial charge in [0.1, 0.15) is 0 Å². The Kier molecular flexibility index (Phi) is 6.02. The second kappa shape index (κ2) is 7.41. The van der Waals surface area contributed by atoms with Crippen molar-refractivity contribution in [1.82, 2.24) is 4.98 Å². The normalized spacial score (nSPS) is 12.7. The molecule has 1 heterocycles. The molecule has 0 fully saturated rings. The van der Waals surface area contributed by atoms with Gasteiger partial charge in [-0.2, -0.15) is 0 Å². The second-order valence-corrected chi connectivity index (χ2v) is 4.01. The summed E-state index contributed by atoms with van der Waals surface area (Å²) in [5.74, 6) is 0. The van der Waals surface area contributed by atoms with Gasteiger partial charge < -0.3 is 5.11 Å². The van der Waals surface area contributed by atoms with E-state index in [1.54, 1.807) is 6.20 Å². The maximum Gasteiger partial charge on any atom is 0.0544 e.